The van der Waals surface area contributed by atoms with Gasteiger partial charge in [0.15, 0.2) is 5.96 Å². The van der Waals surface area contributed by atoms with Crippen molar-refractivity contribution in [3.8, 4) is 0 Å². The van der Waals surface area contributed by atoms with Gasteiger partial charge in [0.2, 0.25) is 5.91 Å². The molecule has 0 atom stereocenters. The Balaban J connectivity index is 2.21. The molecule has 0 aliphatic rings. The second kappa shape index (κ2) is 7.37. The maximum absolute atomic E-state index is 11.4. The number of carbonyl (C=O) groups excluding carboxylic acids is 1. The molecule has 4 N–H and O–H groups in total. The van der Waals surface area contributed by atoms with E-state index in [1.807, 2.05) is 0 Å². The Labute approximate surface area is 107 Å². The molecule has 1 heterocycles. The summed E-state index contributed by atoms with van der Waals surface area (Å²) in [7, 11) is 0. The molecule has 0 radical (unpaired) electrons. The monoisotopic (exact) mass is 252 g/mol. The fraction of sp³-hybridized carbons (Fsp3) is 0.500. The number of nitrogens with one attached hydrogen (secondary N) is 2. The zero-order chi connectivity index (χ0) is 13.4. The maximum Gasteiger partial charge on any atom is 0.242 e. The number of rotatable bonds is 6. The van der Waals surface area contributed by atoms with Crippen LogP contribution in [0.3, 0.4) is 0 Å². The molecule has 6 heteroatoms. The fourth-order valence-corrected chi connectivity index (χ4v) is 1.18. The van der Waals surface area contributed by atoms with Crippen LogP contribution in [0, 0.1) is 5.92 Å². The van der Waals surface area contributed by atoms with Crippen molar-refractivity contribution in [2.24, 2.45) is 16.6 Å². The lowest BCUT2D eigenvalue weighted by Crippen LogP contribution is -2.35. The molecular formula is C12H20N4O2. The van der Waals surface area contributed by atoms with Crippen molar-refractivity contribution in [3.05, 3.63) is 24.2 Å². The number of hydrogen-bond acceptors (Lipinski definition) is 3. The van der Waals surface area contributed by atoms with Crippen LogP contribution in [0.15, 0.2) is 27.8 Å². The van der Waals surface area contributed by atoms with E-state index in [4.69, 9.17) is 10.2 Å². The minimum absolute atomic E-state index is 0.0115. The lowest BCUT2D eigenvalue weighted by molar-refractivity contribution is -0.119. The van der Waals surface area contributed by atoms with Crippen molar-refractivity contribution in [1.82, 2.24) is 10.6 Å². The van der Waals surface area contributed by atoms with Gasteiger partial charge in [-0.3, -0.25) is 4.79 Å². The number of nitrogens with two attached hydrogens (primary N) is 1. The zero-order valence-electron chi connectivity index (χ0n) is 10.8. The van der Waals surface area contributed by atoms with Gasteiger partial charge >= 0.3 is 0 Å². The summed E-state index contributed by atoms with van der Waals surface area (Å²) in [6.45, 7) is 5.24. The summed E-state index contributed by atoms with van der Waals surface area (Å²) >= 11 is 0. The molecule has 0 unspecified atom stereocenters. The number of guanidine groups is 1. The average Bonchev–Trinajstić information content (AvgIpc) is 2.84. The van der Waals surface area contributed by atoms with Gasteiger partial charge in [0.05, 0.1) is 12.8 Å². The normalized spacial score (nSPS) is 11.6. The Morgan fingerprint density at radius 1 is 1.50 bits per heavy atom. The number of nitrogens with zero attached hydrogens (tertiary/aromatic N) is 1. The van der Waals surface area contributed by atoms with Crippen LogP contribution in [0.1, 0.15) is 19.6 Å². The lowest BCUT2D eigenvalue weighted by Gasteiger charge is -2.07. The Morgan fingerprint density at radius 3 is 2.89 bits per heavy atom. The van der Waals surface area contributed by atoms with Crippen LogP contribution in [-0.2, 0) is 11.3 Å². The van der Waals surface area contributed by atoms with Gasteiger partial charge in [0.25, 0.3) is 0 Å². The molecule has 0 aliphatic heterocycles. The third-order valence-electron chi connectivity index (χ3n) is 2.12. The first-order chi connectivity index (χ1) is 8.58. The standard InChI is InChI=1S/C12H20N4O2/c1-9(2)6-15-12(13)16-8-11(17)14-7-10-4-3-5-18-10/h3-5,9H,6-8H2,1-2H3,(H,14,17)(H3,13,15,16). The Hall–Kier alpha value is -1.98. The van der Waals surface area contributed by atoms with Crippen molar-refractivity contribution in [2.75, 3.05) is 13.1 Å². The smallest absolute Gasteiger partial charge is 0.242 e. The Bertz CT molecular complexity index is 385. The molecule has 0 saturated heterocycles. The highest BCUT2D eigenvalue weighted by Crippen LogP contribution is 1.98. The van der Waals surface area contributed by atoms with E-state index < -0.39 is 0 Å². The Morgan fingerprint density at radius 2 is 2.28 bits per heavy atom. The van der Waals surface area contributed by atoms with Crippen molar-refractivity contribution in [2.45, 2.75) is 20.4 Å². The van der Waals surface area contributed by atoms with Gasteiger partial charge in [-0.15, -0.1) is 0 Å². The minimum Gasteiger partial charge on any atom is -0.467 e. The molecule has 6 nitrogen and oxygen atoms in total. The quantitative estimate of drug-likeness (QED) is 0.506. The van der Waals surface area contributed by atoms with Gasteiger partial charge in [0, 0.05) is 6.54 Å². The highest BCUT2D eigenvalue weighted by molar-refractivity contribution is 5.83. The van der Waals surface area contributed by atoms with E-state index >= 15 is 0 Å². The fourth-order valence-electron chi connectivity index (χ4n) is 1.18. The molecule has 100 valence electrons. The van der Waals surface area contributed by atoms with E-state index in [0.717, 1.165) is 6.54 Å². The molecule has 1 rings (SSSR count). The van der Waals surface area contributed by atoms with Gasteiger partial charge in [-0.1, -0.05) is 13.8 Å². The molecule has 1 aromatic heterocycles. The zero-order valence-corrected chi connectivity index (χ0v) is 10.8. The van der Waals surface area contributed by atoms with Crippen molar-refractivity contribution >= 4 is 11.9 Å². The summed E-state index contributed by atoms with van der Waals surface area (Å²) in [6.07, 6.45) is 1.56. The number of furan rings is 1. The van der Waals surface area contributed by atoms with Crippen molar-refractivity contribution in [1.29, 1.82) is 0 Å². The van der Waals surface area contributed by atoms with Crippen LogP contribution in [0.25, 0.3) is 0 Å². The van der Waals surface area contributed by atoms with E-state index in [2.05, 4.69) is 29.5 Å². The molecule has 0 saturated carbocycles. The summed E-state index contributed by atoms with van der Waals surface area (Å²) in [6, 6.07) is 3.57. The Kier molecular flexibility index (Phi) is 5.76. The average molecular weight is 252 g/mol. The van der Waals surface area contributed by atoms with Crippen molar-refractivity contribution in [3.63, 3.8) is 0 Å². The van der Waals surface area contributed by atoms with E-state index in [1.54, 1.807) is 18.4 Å². The molecule has 0 aliphatic carbocycles. The number of aliphatic imine (C=N–C) groups is 1. The first-order valence-corrected chi connectivity index (χ1v) is 5.90. The lowest BCUT2D eigenvalue weighted by atomic mass is 10.2. The van der Waals surface area contributed by atoms with E-state index in [1.165, 1.54) is 0 Å². The molecule has 0 aromatic carbocycles. The SMILES string of the molecule is CC(C)CNC(N)=NCC(=O)NCc1ccco1. The number of hydrogen-bond donors (Lipinski definition) is 3. The van der Waals surface area contributed by atoms with E-state index in [9.17, 15) is 4.79 Å². The van der Waals surface area contributed by atoms with Crippen LogP contribution in [-0.4, -0.2) is 25.0 Å². The predicted octanol–water partition coefficient (Wildman–Crippen LogP) is 0.456. The summed E-state index contributed by atoms with van der Waals surface area (Å²) in [5, 5.41) is 5.62. The second-order valence-corrected chi connectivity index (χ2v) is 4.33. The number of carbonyl (C=O) groups is 1. The molecular weight excluding hydrogens is 232 g/mol. The molecule has 0 bridgehead atoms. The van der Waals surface area contributed by atoms with Crippen LogP contribution in [0.4, 0.5) is 0 Å². The minimum atomic E-state index is -0.194. The second-order valence-electron chi connectivity index (χ2n) is 4.33. The van der Waals surface area contributed by atoms with E-state index in [0.29, 0.717) is 18.2 Å². The maximum atomic E-state index is 11.4. The van der Waals surface area contributed by atoms with Crippen molar-refractivity contribution < 1.29 is 9.21 Å². The summed E-state index contributed by atoms with van der Waals surface area (Å²) < 4.78 is 5.09. The van der Waals surface area contributed by atoms with Gasteiger partial charge < -0.3 is 20.8 Å². The van der Waals surface area contributed by atoms with Crippen LogP contribution in [0.2, 0.25) is 0 Å². The first kappa shape index (κ1) is 14.1. The third kappa shape index (κ3) is 5.93. The largest absolute Gasteiger partial charge is 0.467 e. The predicted molar refractivity (Wildman–Crippen MR) is 69.9 cm³/mol. The summed E-state index contributed by atoms with van der Waals surface area (Å²) in [5.41, 5.74) is 5.60. The summed E-state index contributed by atoms with van der Waals surface area (Å²) in [4.78, 5) is 15.4. The molecule has 0 fully saturated rings. The van der Waals surface area contributed by atoms with Gasteiger partial charge in [0.1, 0.15) is 12.3 Å². The third-order valence-corrected chi connectivity index (χ3v) is 2.12. The molecule has 0 spiro atoms. The van der Waals surface area contributed by atoms with Crippen LogP contribution in [0.5, 0.6) is 0 Å². The van der Waals surface area contributed by atoms with Gasteiger partial charge in [-0.05, 0) is 18.1 Å². The first-order valence-electron chi connectivity index (χ1n) is 5.90. The topological polar surface area (TPSA) is 92.6 Å². The molecule has 18 heavy (non-hydrogen) atoms. The summed E-state index contributed by atoms with van der Waals surface area (Å²) in [5.74, 6) is 1.28. The number of amides is 1. The van der Waals surface area contributed by atoms with E-state index in [-0.39, 0.29) is 18.4 Å². The molecule has 1 aromatic rings. The molecule has 1 amide bonds. The van der Waals surface area contributed by atoms with Gasteiger partial charge in [-0.2, -0.15) is 0 Å². The highest BCUT2D eigenvalue weighted by Gasteiger charge is 2.02. The highest BCUT2D eigenvalue weighted by atomic mass is 16.3. The van der Waals surface area contributed by atoms with Crippen LogP contribution >= 0.6 is 0 Å². The van der Waals surface area contributed by atoms with Gasteiger partial charge in [-0.25, -0.2) is 4.99 Å². The van der Waals surface area contributed by atoms with Crippen LogP contribution < -0.4 is 16.4 Å².